The van der Waals surface area contributed by atoms with E-state index in [1.54, 1.807) is 14.2 Å². The van der Waals surface area contributed by atoms with Gasteiger partial charge in [-0.3, -0.25) is 4.90 Å². The van der Waals surface area contributed by atoms with E-state index in [9.17, 15) is 0 Å². The average molecular weight is 320 g/mol. The van der Waals surface area contributed by atoms with Gasteiger partial charge in [0.1, 0.15) is 11.5 Å². The predicted molar refractivity (Wildman–Crippen MR) is 90.8 cm³/mol. The molecule has 2 aromatic carbocycles. The number of nitrogens with zero attached hydrogens (tertiary/aromatic N) is 1. The Bertz CT molecular complexity index is 505. The minimum atomic E-state index is 0.617. The first kappa shape index (κ1) is 16.7. The molecule has 0 unspecified atom stereocenters. The van der Waals surface area contributed by atoms with E-state index in [4.69, 9.17) is 21.1 Å². The molecule has 0 N–H and O–H groups in total. The molecule has 0 bridgehead atoms. The van der Waals surface area contributed by atoms with Crippen molar-refractivity contribution in [1.82, 2.24) is 4.90 Å². The van der Waals surface area contributed by atoms with E-state index >= 15 is 0 Å². The second kappa shape index (κ2) is 8.66. The Morgan fingerprint density at radius 2 is 1.18 bits per heavy atom. The molecule has 22 heavy (non-hydrogen) atoms. The second-order valence-corrected chi connectivity index (χ2v) is 5.47. The Hall–Kier alpha value is -1.71. The van der Waals surface area contributed by atoms with E-state index in [0.717, 1.165) is 31.1 Å². The number of methoxy groups -OCH3 is 2. The number of hydrogen-bond donors (Lipinski definition) is 0. The molecule has 2 aromatic rings. The van der Waals surface area contributed by atoms with Crippen LogP contribution in [0.5, 0.6) is 11.5 Å². The standard InChI is InChI=1S/C18H22ClNO2/c1-21-17-7-3-15(4-8-17)13-20(12-11-19)14-16-5-9-18(22-2)10-6-16/h3-10H,11-14H2,1-2H3. The number of benzene rings is 2. The lowest BCUT2D eigenvalue weighted by Crippen LogP contribution is -2.24. The van der Waals surface area contributed by atoms with E-state index < -0.39 is 0 Å². The third-order valence-corrected chi connectivity index (χ3v) is 3.70. The highest BCUT2D eigenvalue weighted by Gasteiger charge is 2.07. The van der Waals surface area contributed by atoms with Gasteiger partial charge in [0.2, 0.25) is 0 Å². The van der Waals surface area contributed by atoms with Crippen molar-refractivity contribution < 1.29 is 9.47 Å². The predicted octanol–water partition coefficient (Wildman–Crippen LogP) is 3.94. The number of alkyl halides is 1. The Kier molecular flexibility index (Phi) is 6.56. The Balaban J connectivity index is 2.01. The maximum atomic E-state index is 5.94. The molecule has 0 aromatic heterocycles. The fourth-order valence-electron chi connectivity index (χ4n) is 2.31. The molecule has 0 saturated heterocycles. The molecule has 0 spiro atoms. The SMILES string of the molecule is COc1ccc(CN(CCCl)Cc2ccc(OC)cc2)cc1. The molecule has 0 heterocycles. The molecule has 0 saturated carbocycles. The van der Waals surface area contributed by atoms with Crippen LogP contribution in [0.4, 0.5) is 0 Å². The van der Waals surface area contributed by atoms with Crippen molar-refractivity contribution in [3.8, 4) is 11.5 Å². The number of rotatable bonds is 8. The molecule has 0 aliphatic carbocycles. The zero-order chi connectivity index (χ0) is 15.8. The van der Waals surface area contributed by atoms with Crippen LogP contribution in [0.2, 0.25) is 0 Å². The molecule has 0 aliphatic rings. The molecule has 4 heteroatoms. The van der Waals surface area contributed by atoms with Gasteiger partial charge in [-0.2, -0.15) is 0 Å². The highest BCUT2D eigenvalue weighted by atomic mass is 35.5. The maximum Gasteiger partial charge on any atom is 0.118 e. The number of ether oxygens (including phenoxy) is 2. The van der Waals surface area contributed by atoms with Gasteiger partial charge in [-0.25, -0.2) is 0 Å². The smallest absolute Gasteiger partial charge is 0.118 e. The third kappa shape index (κ3) is 4.93. The van der Waals surface area contributed by atoms with Gasteiger partial charge in [-0.05, 0) is 35.4 Å². The van der Waals surface area contributed by atoms with E-state index in [0.29, 0.717) is 5.88 Å². The quantitative estimate of drug-likeness (QED) is 0.688. The molecule has 0 aliphatic heterocycles. The summed E-state index contributed by atoms with van der Waals surface area (Å²) < 4.78 is 10.4. The fourth-order valence-corrected chi connectivity index (χ4v) is 2.55. The zero-order valence-corrected chi connectivity index (χ0v) is 13.8. The van der Waals surface area contributed by atoms with E-state index in [-0.39, 0.29) is 0 Å². The van der Waals surface area contributed by atoms with Gasteiger partial charge in [0.15, 0.2) is 0 Å². The van der Waals surface area contributed by atoms with Gasteiger partial charge in [0.25, 0.3) is 0 Å². The van der Waals surface area contributed by atoms with Gasteiger partial charge in [0, 0.05) is 25.5 Å². The normalized spacial score (nSPS) is 10.7. The topological polar surface area (TPSA) is 21.7 Å². The molecular formula is C18H22ClNO2. The molecule has 0 fully saturated rings. The summed E-state index contributed by atoms with van der Waals surface area (Å²) in [5.41, 5.74) is 2.50. The van der Waals surface area contributed by atoms with E-state index in [1.807, 2.05) is 24.3 Å². The Morgan fingerprint density at radius 3 is 1.50 bits per heavy atom. The summed E-state index contributed by atoms with van der Waals surface area (Å²) in [4.78, 5) is 2.33. The lowest BCUT2D eigenvalue weighted by molar-refractivity contribution is 0.273. The number of halogens is 1. The van der Waals surface area contributed by atoms with Crippen molar-refractivity contribution in [2.24, 2.45) is 0 Å². The highest BCUT2D eigenvalue weighted by molar-refractivity contribution is 6.18. The van der Waals surface area contributed by atoms with Gasteiger partial charge in [-0.1, -0.05) is 24.3 Å². The van der Waals surface area contributed by atoms with Crippen molar-refractivity contribution in [3.63, 3.8) is 0 Å². The first-order valence-electron chi connectivity index (χ1n) is 7.29. The fraction of sp³-hybridized carbons (Fsp3) is 0.333. The molecule has 2 rings (SSSR count). The molecule has 0 radical (unpaired) electrons. The summed E-state index contributed by atoms with van der Waals surface area (Å²) in [6, 6.07) is 16.3. The maximum absolute atomic E-state index is 5.94. The van der Waals surface area contributed by atoms with Crippen LogP contribution in [0.15, 0.2) is 48.5 Å². The highest BCUT2D eigenvalue weighted by Crippen LogP contribution is 2.16. The van der Waals surface area contributed by atoms with Crippen LogP contribution in [-0.4, -0.2) is 31.5 Å². The van der Waals surface area contributed by atoms with Gasteiger partial charge in [-0.15, -0.1) is 11.6 Å². The monoisotopic (exact) mass is 319 g/mol. The molecule has 0 atom stereocenters. The van der Waals surface area contributed by atoms with E-state index in [1.165, 1.54) is 11.1 Å². The summed E-state index contributed by atoms with van der Waals surface area (Å²) in [5.74, 6) is 2.37. The van der Waals surface area contributed by atoms with Crippen LogP contribution in [0.1, 0.15) is 11.1 Å². The van der Waals surface area contributed by atoms with Gasteiger partial charge < -0.3 is 9.47 Å². The Labute approximate surface area is 137 Å². The van der Waals surface area contributed by atoms with Crippen molar-refractivity contribution >= 4 is 11.6 Å². The third-order valence-electron chi connectivity index (χ3n) is 3.53. The van der Waals surface area contributed by atoms with E-state index in [2.05, 4.69) is 29.2 Å². The summed E-state index contributed by atoms with van der Waals surface area (Å²) >= 11 is 5.94. The molecule has 3 nitrogen and oxygen atoms in total. The number of hydrogen-bond acceptors (Lipinski definition) is 3. The summed E-state index contributed by atoms with van der Waals surface area (Å²) in [5, 5.41) is 0. The largest absolute Gasteiger partial charge is 0.497 e. The van der Waals surface area contributed by atoms with Crippen molar-refractivity contribution in [2.75, 3.05) is 26.6 Å². The van der Waals surface area contributed by atoms with Crippen LogP contribution in [0, 0.1) is 0 Å². The molecule has 0 amide bonds. The van der Waals surface area contributed by atoms with Crippen LogP contribution in [0.3, 0.4) is 0 Å². The lowest BCUT2D eigenvalue weighted by Gasteiger charge is -2.21. The first-order chi connectivity index (χ1) is 10.7. The molecular weight excluding hydrogens is 298 g/mol. The first-order valence-corrected chi connectivity index (χ1v) is 7.83. The van der Waals surface area contributed by atoms with Gasteiger partial charge >= 0.3 is 0 Å². The minimum Gasteiger partial charge on any atom is -0.497 e. The minimum absolute atomic E-state index is 0.617. The van der Waals surface area contributed by atoms with Gasteiger partial charge in [0.05, 0.1) is 14.2 Å². The summed E-state index contributed by atoms with van der Waals surface area (Å²) in [7, 11) is 3.36. The van der Waals surface area contributed by atoms with Crippen molar-refractivity contribution in [2.45, 2.75) is 13.1 Å². The second-order valence-electron chi connectivity index (χ2n) is 5.10. The lowest BCUT2D eigenvalue weighted by atomic mass is 10.1. The van der Waals surface area contributed by atoms with Crippen LogP contribution in [-0.2, 0) is 13.1 Å². The molecule has 118 valence electrons. The summed E-state index contributed by atoms with van der Waals surface area (Å²) in [6.45, 7) is 2.57. The average Bonchev–Trinajstić information content (AvgIpc) is 2.56. The van der Waals surface area contributed by atoms with Crippen molar-refractivity contribution in [3.05, 3.63) is 59.7 Å². The van der Waals surface area contributed by atoms with Crippen LogP contribution in [0.25, 0.3) is 0 Å². The Morgan fingerprint density at radius 1 is 0.773 bits per heavy atom. The van der Waals surface area contributed by atoms with Crippen molar-refractivity contribution in [1.29, 1.82) is 0 Å². The van der Waals surface area contributed by atoms with Crippen LogP contribution >= 0.6 is 11.6 Å². The van der Waals surface area contributed by atoms with Crippen LogP contribution < -0.4 is 9.47 Å². The summed E-state index contributed by atoms with van der Waals surface area (Å²) in [6.07, 6.45) is 0. The zero-order valence-electron chi connectivity index (χ0n) is 13.1.